The van der Waals surface area contributed by atoms with Crippen molar-refractivity contribution in [2.45, 2.75) is 18.8 Å². The summed E-state index contributed by atoms with van der Waals surface area (Å²) in [6, 6.07) is 10.3. The molecule has 0 atom stereocenters. The molecule has 0 spiro atoms. The van der Waals surface area contributed by atoms with Gasteiger partial charge in [0.1, 0.15) is 23.6 Å². The molecule has 0 aliphatic carbocycles. The molecule has 1 fully saturated rings. The summed E-state index contributed by atoms with van der Waals surface area (Å²) < 4.78 is 23.0. The van der Waals surface area contributed by atoms with Gasteiger partial charge in [-0.3, -0.25) is 8.80 Å². The molecule has 1 aromatic carbocycles. The van der Waals surface area contributed by atoms with E-state index in [1.54, 1.807) is 18.4 Å². The Labute approximate surface area is 171 Å². The number of benzene rings is 1. The monoisotopic (exact) mass is 402 g/mol. The summed E-state index contributed by atoms with van der Waals surface area (Å²) in [5.41, 5.74) is 4.24. The van der Waals surface area contributed by atoms with Gasteiger partial charge in [0.25, 0.3) is 0 Å². The zero-order chi connectivity index (χ0) is 20.1. The van der Waals surface area contributed by atoms with Gasteiger partial charge in [0.15, 0.2) is 5.65 Å². The minimum absolute atomic E-state index is 0.277. The number of oxazole rings is 1. The molecular weight excluding hydrogens is 383 g/mol. The number of hydrogen-bond acceptors (Lipinski definition) is 5. The Hall–Kier alpha value is -3.52. The van der Waals surface area contributed by atoms with Crippen LogP contribution in [0.1, 0.15) is 24.6 Å². The normalized spacial score (nSPS) is 15.4. The Morgan fingerprint density at radius 1 is 0.967 bits per heavy atom. The Balaban J connectivity index is 1.54. The first-order chi connectivity index (χ1) is 14.8. The molecule has 1 saturated heterocycles. The van der Waals surface area contributed by atoms with Crippen molar-refractivity contribution in [3.63, 3.8) is 0 Å². The summed E-state index contributed by atoms with van der Waals surface area (Å²) in [6.45, 7) is 1.98. The van der Waals surface area contributed by atoms with Crippen molar-refractivity contribution >= 4 is 11.5 Å². The quantitative estimate of drug-likeness (QED) is 0.495. The molecule has 5 aromatic rings. The lowest BCUT2D eigenvalue weighted by Gasteiger charge is -2.21. The Morgan fingerprint density at radius 2 is 1.77 bits per heavy atom. The van der Waals surface area contributed by atoms with Crippen LogP contribution in [-0.4, -0.2) is 37.1 Å². The van der Waals surface area contributed by atoms with Gasteiger partial charge >= 0.3 is 5.84 Å². The summed E-state index contributed by atoms with van der Waals surface area (Å²) in [4.78, 5) is 4.65. The van der Waals surface area contributed by atoms with E-state index in [0.717, 1.165) is 59.9 Å². The second-order valence-corrected chi connectivity index (χ2v) is 7.60. The highest BCUT2D eigenvalue weighted by atomic mass is 19.1. The van der Waals surface area contributed by atoms with Gasteiger partial charge in [0.05, 0.1) is 5.69 Å². The van der Waals surface area contributed by atoms with Crippen LogP contribution in [0, 0.1) is 5.82 Å². The maximum Gasteiger partial charge on any atom is 0.306 e. The van der Waals surface area contributed by atoms with Crippen molar-refractivity contribution in [2.24, 2.45) is 0 Å². The van der Waals surface area contributed by atoms with Gasteiger partial charge < -0.3 is 9.73 Å². The lowest BCUT2D eigenvalue weighted by Crippen LogP contribution is -2.27. The molecule has 30 heavy (non-hydrogen) atoms. The summed E-state index contributed by atoms with van der Waals surface area (Å²) in [7, 11) is 0. The summed E-state index contributed by atoms with van der Waals surface area (Å²) in [5, 5.41) is 12.3. The van der Waals surface area contributed by atoms with E-state index < -0.39 is 0 Å². The van der Waals surface area contributed by atoms with E-state index in [-0.39, 0.29) is 5.82 Å². The lowest BCUT2D eigenvalue weighted by atomic mass is 9.97. The molecule has 0 saturated carbocycles. The summed E-state index contributed by atoms with van der Waals surface area (Å²) >= 11 is 0. The molecule has 0 radical (unpaired) electrons. The molecule has 0 unspecified atom stereocenters. The van der Waals surface area contributed by atoms with Crippen LogP contribution in [0.25, 0.3) is 34.0 Å². The van der Waals surface area contributed by atoms with Gasteiger partial charge in [-0.1, -0.05) is 0 Å². The second-order valence-electron chi connectivity index (χ2n) is 7.60. The number of nitrogens with zero attached hydrogens (tertiary/aromatic N) is 5. The van der Waals surface area contributed by atoms with Crippen LogP contribution in [0.4, 0.5) is 4.39 Å². The van der Waals surface area contributed by atoms with Crippen LogP contribution in [0.15, 0.2) is 59.5 Å². The number of halogens is 1. The number of aromatic nitrogens is 5. The largest absolute Gasteiger partial charge is 0.432 e. The third kappa shape index (κ3) is 2.72. The smallest absolute Gasteiger partial charge is 0.306 e. The Bertz CT molecular complexity index is 1340. The van der Waals surface area contributed by atoms with Crippen molar-refractivity contribution in [3.8, 4) is 22.5 Å². The molecule has 150 valence electrons. The fraction of sp³-hybridized carbons (Fsp3) is 0.227. The first-order valence-corrected chi connectivity index (χ1v) is 10.1. The molecule has 6 rings (SSSR count). The van der Waals surface area contributed by atoms with E-state index in [2.05, 4.69) is 31.1 Å². The van der Waals surface area contributed by atoms with E-state index >= 15 is 0 Å². The molecule has 8 heteroatoms. The highest BCUT2D eigenvalue weighted by Gasteiger charge is 2.22. The Kier molecular flexibility index (Phi) is 3.92. The number of imidazole rings is 1. The van der Waals surface area contributed by atoms with Crippen molar-refractivity contribution in [2.75, 3.05) is 13.1 Å². The molecule has 1 N–H and O–H groups in total. The predicted molar refractivity (Wildman–Crippen MR) is 110 cm³/mol. The predicted octanol–water partition coefficient (Wildman–Crippen LogP) is 3.91. The van der Waals surface area contributed by atoms with Crippen LogP contribution in [0.5, 0.6) is 0 Å². The van der Waals surface area contributed by atoms with Crippen LogP contribution < -0.4 is 5.32 Å². The van der Waals surface area contributed by atoms with E-state index in [1.165, 1.54) is 12.1 Å². The number of pyridine rings is 1. The molecule has 5 heterocycles. The molecular formula is C22H19FN6O. The third-order valence-corrected chi connectivity index (χ3v) is 5.79. The molecule has 0 amide bonds. The van der Waals surface area contributed by atoms with E-state index in [4.69, 9.17) is 4.42 Å². The van der Waals surface area contributed by atoms with Crippen molar-refractivity contribution in [1.82, 2.24) is 29.3 Å². The SMILES string of the molecule is Fc1ccc(-c2nc3occn3c2-c2ccc3nnc(C4CCNCC4)n3c2)cc1. The minimum atomic E-state index is -0.277. The minimum Gasteiger partial charge on any atom is -0.432 e. The maximum absolute atomic E-state index is 13.5. The number of piperidine rings is 1. The third-order valence-electron chi connectivity index (χ3n) is 5.79. The number of nitrogens with one attached hydrogen (secondary N) is 1. The van der Waals surface area contributed by atoms with Gasteiger partial charge in [-0.05, 0) is 62.3 Å². The fourth-order valence-electron chi connectivity index (χ4n) is 4.28. The fourth-order valence-corrected chi connectivity index (χ4v) is 4.28. The van der Waals surface area contributed by atoms with Gasteiger partial charge in [0, 0.05) is 29.4 Å². The molecule has 0 bridgehead atoms. The molecule has 4 aromatic heterocycles. The van der Waals surface area contributed by atoms with Crippen LogP contribution in [0.3, 0.4) is 0 Å². The first kappa shape index (κ1) is 17.3. The van der Waals surface area contributed by atoms with Gasteiger partial charge in [-0.15, -0.1) is 10.2 Å². The lowest BCUT2D eigenvalue weighted by molar-refractivity contribution is 0.442. The van der Waals surface area contributed by atoms with Crippen LogP contribution in [0.2, 0.25) is 0 Å². The Morgan fingerprint density at radius 3 is 2.60 bits per heavy atom. The summed E-state index contributed by atoms with van der Waals surface area (Å²) in [5.74, 6) is 1.59. The van der Waals surface area contributed by atoms with Crippen molar-refractivity contribution < 1.29 is 8.81 Å². The highest BCUT2D eigenvalue weighted by Crippen LogP contribution is 2.34. The number of rotatable bonds is 3. The number of hydrogen-bond donors (Lipinski definition) is 1. The highest BCUT2D eigenvalue weighted by molar-refractivity contribution is 5.81. The summed E-state index contributed by atoms with van der Waals surface area (Å²) in [6.07, 6.45) is 7.61. The standard InChI is InChI=1S/C22H19FN6O/c23-17-4-1-14(2-5-17)19-20(28-11-12-30-22(28)25-19)16-3-6-18-26-27-21(29(18)13-16)15-7-9-24-10-8-15/h1-6,11-13,15,24H,7-10H2. The van der Waals surface area contributed by atoms with E-state index in [1.807, 2.05) is 22.7 Å². The van der Waals surface area contributed by atoms with Crippen molar-refractivity contribution in [3.05, 3.63) is 66.7 Å². The number of fused-ring (bicyclic) bond motifs is 2. The molecule has 7 nitrogen and oxygen atoms in total. The van der Waals surface area contributed by atoms with Gasteiger partial charge in [-0.25, -0.2) is 4.39 Å². The van der Waals surface area contributed by atoms with Crippen molar-refractivity contribution in [1.29, 1.82) is 0 Å². The maximum atomic E-state index is 13.5. The van der Waals surface area contributed by atoms with Gasteiger partial charge in [0.2, 0.25) is 0 Å². The van der Waals surface area contributed by atoms with E-state index in [0.29, 0.717) is 11.8 Å². The van der Waals surface area contributed by atoms with Gasteiger partial charge in [-0.2, -0.15) is 4.98 Å². The molecule has 1 aliphatic heterocycles. The van der Waals surface area contributed by atoms with Crippen LogP contribution >= 0.6 is 0 Å². The molecule has 1 aliphatic rings. The first-order valence-electron chi connectivity index (χ1n) is 10.1. The second kappa shape index (κ2) is 6.77. The topological polar surface area (TPSA) is 72.7 Å². The van der Waals surface area contributed by atoms with E-state index in [9.17, 15) is 4.39 Å². The zero-order valence-electron chi connectivity index (χ0n) is 16.1. The van der Waals surface area contributed by atoms with Crippen LogP contribution in [-0.2, 0) is 0 Å². The zero-order valence-corrected chi connectivity index (χ0v) is 16.1. The average Bonchev–Trinajstić information content (AvgIpc) is 3.48. The average molecular weight is 402 g/mol.